The van der Waals surface area contributed by atoms with Gasteiger partial charge in [-0.3, -0.25) is 9.59 Å². The average Bonchev–Trinajstić information content (AvgIpc) is 2.73. The van der Waals surface area contributed by atoms with Crippen LogP contribution in [0.25, 0.3) is 0 Å². The molecule has 2 amide bonds. The van der Waals surface area contributed by atoms with Crippen LogP contribution in [0, 0.1) is 6.92 Å². The molecule has 3 aromatic rings. The highest BCUT2D eigenvalue weighted by molar-refractivity contribution is 6.12. The van der Waals surface area contributed by atoms with Crippen LogP contribution >= 0.6 is 0 Å². The van der Waals surface area contributed by atoms with Crippen LogP contribution in [0.15, 0.2) is 72.8 Å². The summed E-state index contributed by atoms with van der Waals surface area (Å²) >= 11 is 0. The number of carbonyl (C=O) groups is 3. The highest BCUT2D eigenvalue weighted by Gasteiger charge is 2.15. The Hall–Kier alpha value is -3.93. The summed E-state index contributed by atoms with van der Waals surface area (Å²) in [5.41, 5.74) is 3.14. The van der Waals surface area contributed by atoms with Crippen molar-refractivity contribution in [2.45, 2.75) is 6.92 Å². The number of aryl methyl sites for hydroxylation is 1. The number of anilines is 2. The Labute approximate surface area is 168 Å². The fraction of sp³-hybridized carbons (Fsp3) is 0.0870. The van der Waals surface area contributed by atoms with Crippen LogP contribution in [-0.2, 0) is 4.74 Å². The molecule has 0 aliphatic rings. The predicted octanol–water partition coefficient (Wildman–Crippen LogP) is 4.29. The third-order valence-corrected chi connectivity index (χ3v) is 4.26. The molecule has 3 rings (SSSR count). The Bertz CT molecular complexity index is 1060. The first kappa shape index (κ1) is 19.8. The van der Waals surface area contributed by atoms with Crippen LogP contribution in [-0.4, -0.2) is 24.9 Å². The second kappa shape index (κ2) is 8.84. The number of ether oxygens (including phenoxy) is 1. The van der Waals surface area contributed by atoms with Gasteiger partial charge in [-0.1, -0.05) is 24.3 Å². The van der Waals surface area contributed by atoms with Crippen LogP contribution < -0.4 is 10.6 Å². The first-order valence-electron chi connectivity index (χ1n) is 8.94. The molecule has 2 N–H and O–H groups in total. The highest BCUT2D eigenvalue weighted by atomic mass is 16.5. The lowest BCUT2D eigenvalue weighted by Crippen LogP contribution is -2.18. The van der Waals surface area contributed by atoms with E-state index in [0.29, 0.717) is 28.1 Å². The molecule has 0 saturated carbocycles. The van der Waals surface area contributed by atoms with Crippen LogP contribution in [0.1, 0.15) is 36.6 Å². The Balaban J connectivity index is 1.77. The molecule has 0 fully saturated rings. The molecule has 0 spiro atoms. The van der Waals surface area contributed by atoms with Gasteiger partial charge in [0.25, 0.3) is 11.8 Å². The van der Waals surface area contributed by atoms with Crippen molar-refractivity contribution in [3.8, 4) is 0 Å². The molecule has 0 unspecified atom stereocenters. The Morgan fingerprint density at radius 3 is 2.14 bits per heavy atom. The number of hydrogen-bond acceptors (Lipinski definition) is 4. The maximum atomic E-state index is 12.7. The molecule has 29 heavy (non-hydrogen) atoms. The fourth-order valence-electron chi connectivity index (χ4n) is 2.78. The zero-order chi connectivity index (χ0) is 20.8. The minimum absolute atomic E-state index is 0.326. The van der Waals surface area contributed by atoms with Crippen LogP contribution in [0.3, 0.4) is 0 Å². The molecule has 0 aromatic heterocycles. The zero-order valence-electron chi connectivity index (χ0n) is 16.1. The van der Waals surface area contributed by atoms with Gasteiger partial charge in [-0.15, -0.1) is 0 Å². The summed E-state index contributed by atoms with van der Waals surface area (Å²) in [6.07, 6.45) is 0. The molecule has 3 aromatic carbocycles. The van der Waals surface area contributed by atoms with Crippen LogP contribution in [0.2, 0.25) is 0 Å². The molecule has 146 valence electrons. The van der Waals surface area contributed by atoms with E-state index in [1.165, 1.54) is 31.4 Å². The second-order valence-corrected chi connectivity index (χ2v) is 6.39. The number of carbonyl (C=O) groups excluding carboxylic acids is 3. The maximum Gasteiger partial charge on any atom is 0.337 e. The van der Waals surface area contributed by atoms with Crippen molar-refractivity contribution in [2.24, 2.45) is 0 Å². The van der Waals surface area contributed by atoms with Crippen LogP contribution in [0.4, 0.5) is 11.4 Å². The Morgan fingerprint density at radius 1 is 0.759 bits per heavy atom. The number of methoxy groups -OCH3 is 1. The normalized spacial score (nSPS) is 10.1. The number of hydrogen-bond donors (Lipinski definition) is 2. The van der Waals surface area contributed by atoms with E-state index in [4.69, 9.17) is 0 Å². The van der Waals surface area contributed by atoms with E-state index in [0.717, 1.165) is 5.56 Å². The molecule has 6 nitrogen and oxygen atoms in total. The third-order valence-electron chi connectivity index (χ3n) is 4.26. The van der Waals surface area contributed by atoms with E-state index in [1.54, 1.807) is 30.3 Å². The van der Waals surface area contributed by atoms with Crippen molar-refractivity contribution in [3.63, 3.8) is 0 Å². The molecule has 0 aliphatic heterocycles. The smallest absolute Gasteiger partial charge is 0.337 e. The molecular formula is C23H20N2O4. The van der Waals surface area contributed by atoms with Crippen molar-refractivity contribution in [2.75, 3.05) is 17.7 Å². The summed E-state index contributed by atoms with van der Waals surface area (Å²) in [5, 5.41) is 5.59. The number of para-hydroxylation sites is 1. The van der Waals surface area contributed by atoms with E-state index in [2.05, 4.69) is 15.4 Å². The summed E-state index contributed by atoms with van der Waals surface area (Å²) in [4.78, 5) is 36.8. The van der Waals surface area contributed by atoms with Gasteiger partial charge in [0.2, 0.25) is 0 Å². The Morgan fingerprint density at radius 2 is 1.45 bits per heavy atom. The van der Waals surface area contributed by atoms with Gasteiger partial charge in [0.1, 0.15) is 0 Å². The lowest BCUT2D eigenvalue weighted by Gasteiger charge is -2.12. The molecule has 0 atom stereocenters. The highest BCUT2D eigenvalue weighted by Crippen LogP contribution is 2.19. The fourth-order valence-corrected chi connectivity index (χ4v) is 2.78. The average molecular weight is 388 g/mol. The van der Waals surface area contributed by atoms with Gasteiger partial charge in [-0.2, -0.15) is 0 Å². The van der Waals surface area contributed by atoms with E-state index in [9.17, 15) is 14.4 Å². The van der Waals surface area contributed by atoms with Gasteiger partial charge in [-0.25, -0.2) is 4.79 Å². The number of benzene rings is 3. The molecule has 0 aliphatic carbocycles. The number of rotatable bonds is 5. The van der Waals surface area contributed by atoms with Crippen molar-refractivity contribution in [1.82, 2.24) is 0 Å². The zero-order valence-corrected chi connectivity index (χ0v) is 16.1. The summed E-state index contributed by atoms with van der Waals surface area (Å²) in [6.45, 7) is 1.94. The van der Waals surface area contributed by atoms with E-state index in [1.807, 2.05) is 25.1 Å². The molecule has 0 saturated heterocycles. The van der Waals surface area contributed by atoms with Crippen molar-refractivity contribution in [3.05, 3.63) is 95.1 Å². The monoisotopic (exact) mass is 388 g/mol. The summed E-state index contributed by atoms with van der Waals surface area (Å²) in [7, 11) is 1.29. The molecular weight excluding hydrogens is 368 g/mol. The SMILES string of the molecule is COC(=O)c1ccc(C(=O)Nc2ccccc2C(=O)Nc2cccc(C)c2)cc1. The largest absolute Gasteiger partial charge is 0.465 e. The lowest BCUT2D eigenvalue weighted by molar-refractivity contribution is 0.0600. The molecule has 6 heteroatoms. The maximum absolute atomic E-state index is 12.7. The quantitative estimate of drug-likeness (QED) is 0.639. The van der Waals surface area contributed by atoms with Crippen LogP contribution in [0.5, 0.6) is 0 Å². The van der Waals surface area contributed by atoms with Gasteiger partial charge < -0.3 is 15.4 Å². The number of esters is 1. The summed E-state index contributed by atoms with van der Waals surface area (Å²) < 4.78 is 4.65. The first-order valence-corrected chi connectivity index (χ1v) is 8.94. The van der Waals surface area contributed by atoms with Crippen molar-refractivity contribution >= 4 is 29.2 Å². The Kier molecular flexibility index (Phi) is 6.04. The summed E-state index contributed by atoms with van der Waals surface area (Å²) in [5.74, 6) is -1.19. The van der Waals surface area contributed by atoms with Gasteiger partial charge in [0.15, 0.2) is 0 Å². The molecule has 0 radical (unpaired) electrons. The van der Waals surface area contributed by atoms with E-state index in [-0.39, 0.29) is 5.91 Å². The van der Waals surface area contributed by atoms with Gasteiger partial charge in [0, 0.05) is 11.3 Å². The third kappa shape index (κ3) is 4.87. The topological polar surface area (TPSA) is 84.5 Å². The van der Waals surface area contributed by atoms with E-state index < -0.39 is 11.9 Å². The molecule has 0 bridgehead atoms. The van der Waals surface area contributed by atoms with Gasteiger partial charge in [0.05, 0.1) is 23.9 Å². The van der Waals surface area contributed by atoms with Gasteiger partial charge >= 0.3 is 5.97 Å². The standard InChI is InChI=1S/C23H20N2O4/c1-15-6-5-7-18(14-15)24-22(27)19-8-3-4-9-20(19)25-21(26)16-10-12-17(13-11-16)23(28)29-2/h3-14H,1-2H3,(H,24,27)(H,25,26). The number of amides is 2. The summed E-state index contributed by atoms with van der Waals surface area (Å²) in [6, 6.07) is 20.3. The predicted molar refractivity (Wildman–Crippen MR) is 111 cm³/mol. The van der Waals surface area contributed by atoms with E-state index >= 15 is 0 Å². The first-order chi connectivity index (χ1) is 14.0. The minimum atomic E-state index is -0.477. The van der Waals surface area contributed by atoms with Crippen molar-refractivity contribution < 1.29 is 19.1 Å². The minimum Gasteiger partial charge on any atom is -0.465 e. The van der Waals surface area contributed by atoms with Crippen molar-refractivity contribution in [1.29, 1.82) is 0 Å². The second-order valence-electron chi connectivity index (χ2n) is 6.39. The number of nitrogens with one attached hydrogen (secondary N) is 2. The van der Waals surface area contributed by atoms with Gasteiger partial charge in [-0.05, 0) is 61.0 Å². The lowest BCUT2D eigenvalue weighted by atomic mass is 10.1. The molecule has 0 heterocycles.